The quantitative estimate of drug-likeness (QED) is 0.373. The lowest BCUT2D eigenvalue weighted by Gasteiger charge is -2.16. The Labute approximate surface area is 212 Å². The van der Waals surface area contributed by atoms with E-state index >= 15 is 0 Å². The molecule has 0 aliphatic heterocycles. The van der Waals surface area contributed by atoms with E-state index in [0.717, 1.165) is 49.7 Å². The molecule has 0 spiro atoms. The number of H-pyrrole nitrogens is 1. The van der Waals surface area contributed by atoms with Gasteiger partial charge in [0.15, 0.2) is 0 Å². The number of hydrogen-bond donors (Lipinski definition) is 2. The lowest BCUT2D eigenvalue weighted by molar-refractivity contribution is 0.0577. The second kappa shape index (κ2) is 7.91. The van der Waals surface area contributed by atoms with Gasteiger partial charge in [-0.3, -0.25) is 18.5 Å². The van der Waals surface area contributed by atoms with Crippen molar-refractivity contribution in [1.29, 1.82) is 0 Å². The molecule has 0 bridgehead atoms. The van der Waals surface area contributed by atoms with Gasteiger partial charge in [0.1, 0.15) is 5.65 Å². The molecule has 5 heterocycles. The maximum atomic E-state index is 13.3. The van der Waals surface area contributed by atoms with Gasteiger partial charge in [-0.25, -0.2) is 9.78 Å². The van der Waals surface area contributed by atoms with Crippen LogP contribution >= 0.6 is 0 Å². The molecule has 0 radical (unpaired) electrons. The Kier molecular flexibility index (Phi) is 4.97. The van der Waals surface area contributed by atoms with Gasteiger partial charge < -0.3 is 10.1 Å². The fraction of sp³-hybridized carbons (Fsp3) is 0.333. The van der Waals surface area contributed by atoms with Crippen LogP contribution in [0.15, 0.2) is 47.8 Å². The van der Waals surface area contributed by atoms with Gasteiger partial charge in [0, 0.05) is 42.8 Å². The largest absolute Gasteiger partial charge is 0.389 e. The lowest BCUT2D eigenvalue weighted by Crippen LogP contribution is -2.26. The number of nitrogens with one attached hydrogen (secondary N) is 1. The van der Waals surface area contributed by atoms with Crippen molar-refractivity contribution in [1.82, 2.24) is 38.7 Å². The van der Waals surface area contributed by atoms with E-state index in [1.54, 1.807) is 42.5 Å². The summed E-state index contributed by atoms with van der Waals surface area (Å²) in [6.07, 6.45) is 7.33. The van der Waals surface area contributed by atoms with Crippen molar-refractivity contribution in [3.63, 3.8) is 0 Å². The molecule has 0 amide bonds. The average molecular weight is 499 g/mol. The number of pyridine rings is 1. The van der Waals surface area contributed by atoms with E-state index in [4.69, 9.17) is 4.98 Å². The fourth-order valence-corrected chi connectivity index (χ4v) is 5.26. The van der Waals surface area contributed by atoms with Crippen LogP contribution in [0.25, 0.3) is 55.4 Å². The lowest BCUT2D eigenvalue weighted by atomic mass is 9.98. The SMILES string of the molecule is CC(C)n1c(=O)n(C)c2cnc3[nH]c(-c4cnn(CC(C)(C)O)c4)c(-c4ccc5c(cnn5C)c4)c3c21. The zero-order valence-electron chi connectivity index (χ0n) is 21.8. The topological polar surface area (TPSA) is 111 Å². The number of benzene rings is 1. The molecule has 1 aromatic carbocycles. The average Bonchev–Trinajstić information content (AvgIpc) is 3.58. The highest BCUT2D eigenvalue weighted by atomic mass is 16.3. The van der Waals surface area contributed by atoms with Crippen LogP contribution in [0.1, 0.15) is 33.7 Å². The van der Waals surface area contributed by atoms with Crippen LogP contribution in [0.5, 0.6) is 0 Å². The molecule has 0 saturated heterocycles. The molecule has 0 fully saturated rings. The minimum absolute atomic E-state index is 0.0386. The number of rotatable bonds is 5. The molecule has 10 nitrogen and oxygen atoms in total. The molecule has 10 heteroatoms. The van der Waals surface area contributed by atoms with E-state index < -0.39 is 5.60 Å². The number of imidazole rings is 1. The van der Waals surface area contributed by atoms with Crippen molar-refractivity contribution < 1.29 is 5.11 Å². The standard InChI is InChI=1S/C27H30N8O2/c1-15(2)35-24-20(32(5)26(35)36)12-28-25-22(24)21(16-7-8-19-17(9-16)10-29-33(19)6)23(31-25)18-11-30-34(13-18)14-27(3,4)37/h7-13,15,37H,14H2,1-6H3,(H,28,31). The highest BCUT2D eigenvalue weighted by molar-refractivity contribution is 6.14. The summed E-state index contributed by atoms with van der Waals surface area (Å²) in [6.45, 7) is 7.91. The second-order valence-corrected chi connectivity index (χ2v) is 10.7. The first-order valence-electron chi connectivity index (χ1n) is 12.3. The van der Waals surface area contributed by atoms with Crippen molar-refractivity contribution in [2.24, 2.45) is 14.1 Å². The van der Waals surface area contributed by atoms with Crippen molar-refractivity contribution in [3.05, 3.63) is 53.5 Å². The number of fused-ring (bicyclic) bond motifs is 4. The molecule has 2 N–H and O–H groups in total. The monoisotopic (exact) mass is 498 g/mol. The summed E-state index contributed by atoms with van der Waals surface area (Å²) < 4.78 is 7.08. The van der Waals surface area contributed by atoms with Gasteiger partial charge in [0.2, 0.25) is 0 Å². The van der Waals surface area contributed by atoms with Crippen molar-refractivity contribution in [2.45, 2.75) is 45.9 Å². The normalized spacial score (nSPS) is 12.6. The molecule has 0 atom stereocenters. The Balaban J connectivity index is 1.72. The molecule has 5 aromatic heterocycles. The maximum absolute atomic E-state index is 13.3. The molecule has 0 aliphatic carbocycles. The Hall–Kier alpha value is -4.18. The molecule has 6 rings (SSSR count). The first-order valence-corrected chi connectivity index (χ1v) is 12.3. The van der Waals surface area contributed by atoms with Gasteiger partial charge in [-0.15, -0.1) is 0 Å². The third-order valence-corrected chi connectivity index (χ3v) is 6.89. The fourth-order valence-electron chi connectivity index (χ4n) is 5.26. The van der Waals surface area contributed by atoms with Crippen LogP contribution in [0.3, 0.4) is 0 Å². The van der Waals surface area contributed by atoms with Crippen molar-refractivity contribution in [2.75, 3.05) is 0 Å². The molecule has 37 heavy (non-hydrogen) atoms. The smallest absolute Gasteiger partial charge is 0.329 e. The predicted molar refractivity (Wildman–Crippen MR) is 144 cm³/mol. The zero-order chi connectivity index (χ0) is 26.2. The molecular weight excluding hydrogens is 468 g/mol. The summed E-state index contributed by atoms with van der Waals surface area (Å²) in [5.74, 6) is 0. The van der Waals surface area contributed by atoms with E-state index in [1.165, 1.54) is 0 Å². The van der Waals surface area contributed by atoms with Crippen molar-refractivity contribution >= 4 is 33.0 Å². The highest BCUT2D eigenvalue weighted by Crippen LogP contribution is 2.41. The van der Waals surface area contributed by atoms with E-state index in [1.807, 2.05) is 42.5 Å². The minimum atomic E-state index is -0.900. The van der Waals surface area contributed by atoms with Gasteiger partial charge in [0.05, 0.1) is 58.4 Å². The van der Waals surface area contributed by atoms with Gasteiger partial charge >= 0.3 is 5.69 Å². The summed E-state index contributed by atoms with van der Waals surface area (Å²) in [5.41, 5.74) is 6.02. The van der Waals surface area contributed by atoms with Crippen LogP contribution in [0.2, 0.25) is 0 Å². The first-order chi connectivity index (χ1) is 17.5. The third kappa shape index (κ3) is 3.59. The van der Waals surface area contributed by atoms with E-state index in [-0.39, 0.29) is 11.7 Å². The van der Waals surface area contributed by atoms with Gasteiger partial charge in [0.25, 0.3) is 0 Å². The Morgan fingerprint density at radius 2 is 1.84 bits per heavy atom. The van der Waals surface area contributed by atoms with Crippen LogP contribution in [0.4, 0.5) is 0 Å². The molecule has 0 aliphatic rings. The summed E-state index contributed by atoms with van der Waals surface area (Å²) >= 11 is 0. The molecule has 190 valence electrons. The number of nitrogens with zero attached hydrogens (tertiary/aromatic N) is 7. The highest BCUT2D eigenvalue weighted by Gasteiger charge is 2.25. The van der Waals surface area contributed by atoms with Gasteiger partial charge in [-0.05, 0) is 45.4 Å². The predicted octanol–water partition coefficient (Wildman–Crippen LogP) is 3.99. The summed E-state index contributed by atoms with van der Waals surface area (Å²) in [5, 5.41) is 21.1. The van der Waals surface area contributed by atoms with Crippen LogP contribution in [0, 0.1) is 0 Å². The van der Waals surface area contributed by atoms with Crippen LogP contribution in [-0.4, -0.2) is 49.4 Å². The maximum Gasteiger partial charge on any atom is 0.329 e. The Morgan fingerprint density at radius 1 is 1.05 bits per heavy atom. The first kappa shape index (κ1) is 23.2. The Morgan fingerprint density at radius 3 is 2.57 bits per heavy atom. The van der Waals surface area contributed by atoms with Gasteiger partial charge in [-0.1, -0.05) is 6.07 Å². The van der Waals surface area contributed by atoms with E-state index in [2.05, 4.69) is 33.4 Å². The summed E-state index contributed by atoms with van der Waals surface area (Å²) in [6, 6.07) is 6.22. The van der Waals surface area contributed by atoms with E-state index in [9.17, 15) is 9.90 Å². The molecule has 0 unspecified atom stereocenters. The number of aromatic nitrogens is 8. The van der Waals surface area contributed by atoms with E-state index in [0.29, 0.717) is 12.2 Å². The van der Waals surface area contributed by atoms with Crippen LogP contribution < -0.4 is 5.69 Å². The number of aryl methyl sites for hydroxylation is 2. The minimum Gasteiger partial charge on any atom is -0.389 e. The number of aliphatic hydroxyl groups is 1. The summed E-state index contributed by atoms with van der Waals surface area (Å²) in [4.78, 5) is 21.5. The number of aromatic amines is 1. The third-order valence-electron chi connectivity index (χ3n) is 6.89. The van der Waals surface area contributed by atoms with Crippen molar-refractivity contribution in [3.8, 4) is 22.4 Å². The van der Waals surface area contributed by atoms with Gasteiger partial charge in [-0.2, -0.15) is 10.2 Å². The molecule has 0 saturated carbocycles. The zero-order valence-corrected chi connectivity index (χ0v) is 21.8. The molecule has 6 aromatic rings. The molecular formula is C27H30N8O2. The Bertz CT molecular complexity index is 1870. The summed E-state index contributed by atoms with van der Waals surface area (Å²) in [7, 11) is 3.71. The second-order valence-electron chi connectivity index (χ2n) is 10.7. The number of hydrogen-bond acceptors (Lipinski definition) is 5. The van der Waals surface area contributed by atoms with Crippen LogP contribution in [-0.2, 0) is 20.6 Å².